The minimum absolute atomic E-state index is 0.200. The van der Waals surface area contributed by atoms with Gasteiger partial charge in [-0.15, -0.1) is 0 Å². The highest BCUT2D eigenvalue weighted by Gasteiger charge is 2.02. The van der Waals surface area contributed by atoms with Crippen molar-refractivity contribution in [3.63, 3.8) is 0 Å². The molecule has 1 aromatic carbocycles. The van der Waals surface area contributed by atoms with Crippen molar-refractivity contribution in [1.29, 1.82) is 0 Å². The Morgan fingerprint density at radius 3 is 2.71 bits per heavy atom. The smallest absolute Gasteiger partial charge is 0.120 e. The van der Waals surface area contributed by atoms with E-state index in [2.05, 4.69) is 24.4 Å². The lowest BCUT2D eigenvalue weighted by atomic mass is 10.2. The van der Waals surface area contributed by atoms with Crippen molar-refractivity contribution >= 4 is 0 Å². The molecule has 0 heterocycles. The lowest BCUT2D eigenvalue weighted by Gasteiger charge is -2.14. The largest absolute Gasteiger partial charge is 0.491 e. The van der Waals surface area contributed by atoms with Crippen LogP contribution in [0.4, 0.5) is 0 Å². The first-order chi connectivity index (χ1) is 8.11. The molecular formula is C14H23NO2. The maximum atomic E-state index is 8.82. The zero-order valence-corrected chi connectivity index (χ0v) is 10.9. The molecule has 0 aromatic heterocycles. The van der Waals surface area contributed by atoms with Crippen LogP contribution in [0.2, 0.25) is 0 Å². The topological polar surface area (TPSA) is 41.5 Å². The predicted molar refractivity (Wildman–Crippen MR) is 70.2 cm³/mol. The van der Waals surface area contributed by atoms with E-state index >= 15 is 0 Å². The highest BCUT2D eigenvalue weighted by molar-refractivity contribution is 5.28. The summed E-state index contributed by atoms with van der Waals surface area (Å²) in [6, 6.07) is 8.44. The van der Waals surface area contributed by atoms with E-state index in [1.54, 1.807) is 0 Å². The Bertz CT molecular complexity index is 326. The molecule has 0 spiro atoms. The molecule has 0 fully saturated rings. The number of aliphatic hydroxyl groups excluding tert-OH is 1. The molecule has 3 nitrogen and oxygen atoms in total. The summed E-state index contributed by atoms with van der Waals surface area (Å²) in [5.41, 5.74) is 1.20. The molecule has 1 unspecified atom stereocenters. The van der Waals surface area contributed by atoms with Gasteiger partial charge < -0.3 is 15.2 Å². The van der Waals surface area contributed by atoms with Gasteiger partial charge >= 0.3 is 0 Å². The second-order valence-corrected chi connectivity index (χ2v) is 4.61. The number of ether oxygens (including phenoxy) is 1. The van der Waals surface area contributed by atoms with Gasteiger partial charge in [0.25, 0.3) is 0 Å². The van der Waals surface area contributed by atoms with Gasteiger partial charge in [0.2, 0.25) is 0 Å². The molecule has 0 aliphatic heterocycles. The van der Waals surface area contributed by atoms with Crippen LogP contribution in [0.3, 0.4) is 0 Å². The Morgan fingerprint density at radius 1 is 1.29 bits per heavy atom. The maximum Gasteiger partial charge on any atom is 0.120 e. The third-order valence-corrected chi connectivity index (χ3v) is 2.49. The van der Waals surface area contributed by atoms with Gasteiger partial charge in [-0.2, -0.15) is 0 Å². The SMILES string of the molecule is CC(CCO)NCc1cccc(OC(C)C)c1. The molecule has 0 bridgehead atoms. The van der Waals surface area contributed by atoms with E-state index in [4.69, 9.17) is 9.84 Å². The van der Waals surface area contributed by atoms with E-state index < -0.39 is 0 Å². The molecule has 0 saturated heterocycles. The first kappa shape index (κ1) is 14.0. The molecule has 1 rings (SSSR count). The van der Waals surface area contributed by atoms with E-state index in [0.717, 1.165) is 18.7 Å². The number of hydrogen-bond donors (Lipinski definition) is 2. The standard InChI is InChI=1S/C14H23NO2/c1-11(2)17-14-6-4-5-13(9-14)10-15-12(3)7-8-16/h4-6,9,11-12,15-16H,7-8,10H2,1-3H3. The molecule has 3 heteroatoms. The Kier molecular flexibility index (Phi) is 6.01. The van der Waals surface area contributed by atoms with E-state index in [-0.39, 0.29) is 12.7 Å². The third-order valence-electron chi connectivity index (χ3n) is 2.49. The van der Waals surface area contributed by atoms with Crippen molar-refractivity contribution in [2.45, 2.75) is 45.9 Å². The van der Waals surface area contributed by atoms with Crippen LogP contribution in [-0.4, -0.2) is 23.9 Å². The van der Waals surface area contributed by atoms with Gasteiger partial charge in [0.1, 0.15) is 5.75 Å². The monoisotopic (exact) mass is 237 g/mol. The molecule has 0 radical (unpaired) electrons. The Hall–Kier alpha value is -1.06. The van der Waals surface area contributed by atoms with Crippen LogP contribution in [0, 0.1) is 0 Å². The Balaban J connectivity index is 2.48. The van der Waals surface area contributed by atoms with Crippen molar-refractivity contribution in [3.05, 3.63) is 29.8 Å². The summed E-state index contributed by atoms with van der Waals surface area (Å²) in [5, 5.41) is 12.2. The van der Waals surface area contributed by atoms with Crippen molar-refractivity contribution in [2.75, 3.05) is 6.61 Å². The summed E-state index contributed by atoms with van der Waals surface area (Å²) in [7, 11) is 0. The number of nitrogens with one attached hydrogen (secondary N) is 1. The van der Waals surface area contributed by atoms with E-state index in [1.807, 2.05) is 26.0 Å². The first-order valence-corrected chi connectivity index (χ1v) is 6.21. The van der Waals surface area contributed by atoms with Crippen LogP contribution in [-0.2, 0) is 6.54 Å². The summed E-state index contributed by atoms with van der Waals surface area (Å²) in [6.45, 7) is 7.15. The van der Waals surface area contributed by atoms with E-state index in [9.17, 15) is 0 Å². The fraction of sp³-hybridized carbons (Fsp3) is 0.571. The van der Waals surface area contributed by atoms with Crippen molar-refractivity contribution in [1.82, 2.24) is 5.32 Å². The zero-order valence-electron chi connectivity index (χ0n) is 10.9. The summed E-state index contributed by atoms with van der Waals surface area (Å²) in [4.78, 5) is 0. The Morgan fingerprint density at radius 2 is 2.06 bits per heavy atom. The molecule has 0 amide bonds. The molecule has 0 aliphatic carbocycles. The quantitative estimate of drug-likeness (QED) is 0.765. The maximum absolute atomic E-state index is 8.82. The molecule has 0 saturated carbocycles. The summed E-state index contributed by atoms with van der Waals surface area (Å²) < 4.78 is 5.64. The first-order valence-electron chi connectivity index (χ1n) is 6.21. The van der Waals surface area contributed by atoms with E-state index in [1.165, 1.54) is 5.56 Å². The summed E-state index contributed by atoms with van der Waals surface area (Å²) >= 11 is 0. The van der Waals surface area contributed by atoms with Gasteiger partial charge in [-0.05, 0) is 44.9 Å². The lowest BCUT2D eigenvalue weighted by molar-refractivity contribution is 0.242. The third kappa shape index (κ3) is 5.71. The highest BCUT2D eigenvalue weighted by atomic mass is 16.5. The van der Waals surface area contributed by atoms with Crippen LogP contribution >= 0.6 is 0 Å². The minimum atomic E-state index is 0.200. The van der Waals surface area contributed by atoms with Gasteiger partial charge in [-0.25, -0.2) is 0 Å². The molecule has 17 heavy (non-hydrogen) atoms. The number of aliphatic hydroxyl groups is 1. The van der Waals surface area contributed by atoms with Crippen LogP contribution in [0.15, 0.2) is 24.3 Å². The van der Waals surface area contributed by atoms with Gasteiger partial charge in [0.05, 0.1) is 6.10 Å². The predicted octanol–water partition coefficient (Wildman–Crippen LogP) is 2.33. The average molecular weight is 237 g/mol. The molecule has 1 atom stereocenters. The fourth-order valence-electron chi connectivity index (χ4n) is 1.59. The van der Waals surface area contributed by atoms with Gasteiger partial charge in [-0.3, -0.25) is 0 Å². The molecular weight excluding hydrogens is 214 g/mol. The average Bonchev–Trinajstić information content (AvgIpc) is 2.26. The van der Waals surface area contributed by atoms with Gasteiger partial charge in [0, 0.05) is 19.2 Å². The Labute approximate surface area is 104 Å². The summed E-state index contributed by atoms with van der Waals surface area (Å²) in [6.07, 6.45) is 0.980. The number of hydrogen-bond acceptors (Lipinski definition) is 3. The van der Waals surface area contributed by atoms with Crippen LogP contribution in [0.5, 0.6) is 5.75 Å². The molecule has 1 aromatic rings. The number of benzene rings is 1. The van der Waals surface area contributed by atoms with Gasteiger partial charge in [0.15, 0.2) is 0 Å². The normalized spacial score (nSPS) is 12.8. The highest BCUT2D eigenvalue weighted by Crippen LogP contribution is 2.14. The second kappa shape index (κ2) is 7.30. The molecule has 0 aliphatic rings. The summed E-state index contributed by atoms with van der Waals surface area (Å²) in [5.74, 6) is 0.911. The van der Waals surface area contributed by atoms with Crippen LogP contribution in [0.25, 0.3) is 0 Å². The second-order valence-electron chi connectivity index (χ2n) is 4.61. The minimum Gasteiger partial charge on any atom is -0.491 e. The fourth-order valence-corrected chi connectivity index (χ4v) is 1.59. The van der Waals surface area contributed by atoms with Crippen LogP contribution in [0.1, 0.15) is 32.8 Å². The number of rotatable bonds is 7. The van der Waals surface area contributed by atoms with Crippen molar-refractivity contribution < 1.29 is 9.84 Å². The molecule has 2 N–H and O–H groups in total. The van der Waals surface area contributed by atoms with Gasteiger partial charge in [-0.1, -0.05) is 12.1 Å². The van der Waals surface area contributed by atoms with Crippen LogP contribution < -0.4 is 10.1 Å². The van der Waals surface area contributed by atoms with E-state index in [0.29, 0.717) is 6.04 Å². The van der Waals surface area contributed by atoms with Crippen molar-refractivity contribution in [3.8, 4) is 5.75 Å². The lowest BCUT2D eigenvalue weighted by Crippen LogP contribution is -2.26. The van der Waals surface area contributed by atoms with Crippen molar-refractivity contribution in [2.24, 2.45) is 0 Å². The molecule has 96 valence electrons. The zero-order chi connectivity index (χ0) is 12.7.